The quantitative estimate of drug-likeness (QED) is 0.782. The third-order valence-corrected chi connectivity index (χ3v) is 3.75. The molecule has 0 aliphatic rings. The van der Waals surface area contributed by atoms with Crippen LogP contribution in [-0.4, -0.2) is 18.3 Å². The van der Waals surface area contributed by atoms with Crippen molar-refractivity contribution in [1.82, 2.24) is 5.32 Å². The number of aliphatic hydroxyl groups is 1. The van der Waals surface area contributed by atoms with Gasteiger partial charge in [0.15, 0.2) is 0 Å². The standard InChI is InChI=1S/C19H25NO2/c1-3-18(16-10-8-15(2)9-11-16)20-14-17-6-4-5-7-19(17)22-13-12-21/h4-11,18,20-21H,3,12-14H2,1-2H3. The predicted molar refractivity (Wildman–Crippen MR) is 90.1 cm³/mol. The van der Waals surface area contributed by atoms with Crippen LogP contribution < -0.4 is 10.1 Å². The third-order valence-electron chi connectivity index (χ3n) is 3.75. The van der Waals surface area contributed by atoms with Crippen molar-refractivity contribution in [3.05, 3.63) is 65.2 Å². The number of rotatable bonds is 8. The highest BCUT2D eigenvalue weighted by atomic mass is 16.5. The van der Waals surface area contributed by atoms with Gasteiger partial charge in [0.2, 0.25) is 0 Å². The molecule has 0 spiro atoms. The summed E-state index contributed by atoms with van der Waals surface area (Å²) in [7, 11) is 0. The van der Waals surface area contributed by atoms with Crippen LogP contribution in [0.25, 0.3) is 0 Å². The maximum Gasteiger partial charge on any atom is 0.123 e. The third kappa shape index (κ3) is 4.58. The molecule has 0 saturated heterocycles. The number of aryl methyl sites for hydroxylation is 1. The number of nitrogens with one attached hydrogen (secondary N) is 1. The van der Waals surface area contributed by atoms with Crippen LogP contribution >= 0.6 is 0 Å². The second-order valence-corrected chi connectivity index (χ2v) is 5.43. The summed E-state index contributed by atoms with van der Waals surface area (Å²) in [5, 5.41) is 12.5. The zero-order valence-corrected chi connectivity index (χ0v) is 13.4. The Morgan fingerprint density at radius 3 is 2.50 bits per heavy atom. The first kappa shape index (κ1) is 16.5. The number of hydrogen-bond acceptors (Lipinski definition) is 3. The van der Waals surface area contributed by atoms with Crippen molar-refractivity contribution in [1.29, 1.82) is 0 Å². The Balaban J connectivity index is 2.02. The lowest BCUT2D eigenvalue weighted by atomic mass is 10.0. The molecule has 3 heteroatoms. The molecule has 2 N–H and O–H groups in total. The molecule has 0 aromatic heterocycles. The second-order valence-electron chi connectivity index (χ2n) is 5.43. The van der Waals surface area contributed by atoms with E-state index >= 15 is 0 Å². The average Bonchev–Trinajstić information content (AvgIpc) is 2.56. The molecule has 2 aromatic rings. The van der Waals surface area contributed by atoms with Crippen LogP contribution in [0.1, 0.15) is 36.1 Å². The fourth-order valence-corrected chi connectivity index (χ4v) is 2.48. The lowest BCUT2D eigenvalue weighted by Crippen LogP contribution is -2.20. The minimum atomic E-state index is 0.0305. The Hall–Kier alpha value is -1.84. The summed E-state index contributed by atoms with van der Waals surface area (Å²) in [5.41, 5.74) is 3.70. The van der Waals surface area contributed by atoms with Crippen molar-refractivity contribution in [2.75, 3.05) is 13.2 Å². The summed E-state index contributed by atoms with van der Waals surface area (Å²) in [6.45, 7) is 5.39. The molecule has 0 aliphatic carbocycles. The van der Waals surface area contributed by atoms with E-state index in [1.54, 1.807) is 0 Å². The molecule has 0 heterocycles. The number of ether oxygens (including phenoxy) is 1. The highest BCUT2D eigenvalue weighted by Gasteiger charge is 2.10. The minimum Gasteiger partial charge on any atom is -0.491 e. The normalized spacial score (nSPS) is 12.1. The zero-order chi connectivity index (χ0) is 15.8. The SMILES string of the molecule is CCC(NCc1ccccc1OCCO)c1ccc(C)cc1. The molecule has 1 atom stereocenters. The van der Waals surface area contributed by atoms with E-state index in [0.29, 0.717) is 12.6 Å². The fourth-order valence-electron chi connectivity index (χ4n) is 2.48. The summed E-state index contributed by atoms with van der Waals surface area (Å²) < 4.78 is 5.58. The van der Waals surface area contributed by atoms with Crippen molar-refractivity contribution in [3.63, 3.8) is 0 Å². The van der Waals surface area contributed by atoms with Gasteiger partial charge in [-0.2, -0.15) is 0 Å². The smallest absolute Gasteiger partial charge is 0.123 e. The summed E-state index contributed by atoms with van der Waals surface area (Å²) in [6.07, 6.45) is 1.03. The Bertz CT molecular complexity index is 566. The van der Waals surface area contributed by atoms with Gasteiger partial charge in [-0.05, 0) is 25.0 Å². The van der Waals surface area contributed by atoms with Crippen molar-refractivity contribution >= 4 is 0 Å². The molecule has 0 saturated carbocycles. The van der Waals surface area contributed by atoms with E-state index in [0.717, 1.165) is 24.3 Å². The van der Waals surface area contributed by atoms with E-state index in [1.165, 1.54) is 11.1 Å². The maximum atomic E-state index is 8.91. The molecule has 0 fully saturated rings. The first-order valence-electron chi connectivity index (χ1n) is 7.86. The molecular formula is C19H25NO2. The topological polar surface area (TPSA) is 41.5 Å². The van der Waals surface area contributed by atoms with Crippen molar-refractivity contribution in [2.45, 2.75) is 32.9 Å². The van der Waals surface area contributed by atoms with Crippen molar-refractivity contribution < 1.29 is 9.84 Å². The number of aliphatic hydroxyl groups excluding tert-OH is 1. The van der Waals surface area contributed by atoms with Crippen LogP contribution in [0.4, 0.5) is 0 Å². The van der Waals surface area contributed by atoms with Gasteiger partial charge in [0.25, 0.3) is 0 Å². The summed E-state index contributed by atoms with van der Waals surface area (Å²) in [6, 6.07) is 17.0. The van der Waals surface area contributed by atoms with Gasteiger partial charge in [-0.15, -0.1) is 0 Å². The molecule has 0 bridgehead atoms. The molecule has 3 nitrogen and oxygen atoms in total. The summed E-state index contributed by atoms with van der Waals surface area (Å²) >= 11 is 0. The van der Waals surface area contributed by atoms with Gasteiger partial charge in [-0.3, -0.25) is 0 Å². The summed E-state index contributed by atoms with van der Waals surface area (Å²) in [5.74, 6) is 0.836. The molecular weight excluding hydrogens is 274 g/mol. The second kappa shape index (κ2) is 8.57. The molecule has 0 radical (unpaired) electrons. The molecule has 22 heavy (non-hydrogen) atoms. The first-order chi connectivity index (χ1) is 10.7. The van der Waals surface area contributed by atoms with Gasteiger partial charge >= 0.3 is 0 Å². The Morgan fingerprint density at radius 1 is 1.09 bits per heavy atom. The summed E-state index contributed by atoms with van der Waals surface area (Å²) in [4.78, 5) is 0. The van der Waals surface area contributed by atoms with E-state index in [1.807, 2.05) is 18.2 Å². The van der Waals surface area contributed by atoms with E-state index < -0.39 is 0 Å². The first-order valence-corrected chi connectivity index (χ1v) is 7.86. The number of para-hydroxylation sites is 1. The lowest BCUT2D eigenvalue weighted by molar-refractivity contribution is 0.200. The minimum absolute atomic E-state index is 0.0305. The molecule has 0 aliphatic heterocycles. The van der Waals surface area contributed by atoms with Gasteiger partial charge in [-0.1, -0.05) is 55.0 Å². The predicted octanol–water partition coefficient (Wildman–Crippen LogP) is 3.61. The van der Waals surface area contributed by atoms with Crippen LogP contribution in [0, 0.1) is 6.92 Å². The van der Waals surface area contributed by atoms with Gasteiger partial charge in [-0.25, -0.2) is 0 Å². The highest BCUT2D eigenvalue weighted by Crippen LogP contribution is 2.21. The lowest BCUT2D eigenvalue weighted by Gasteiger charge is -2.19. The molecule has 0 amide bonds. The molecule has 118 valence electrons. The van der Waals surface area contributed by atoms with Crippen LogP contribution in [0.2, 0.25) is 0 Å². The van der Waals surface area contributed by atoms with Gasteiger partial charge in [0.05, 0.1) is 6.61 Å². The maximum absolute atomic E-state index is 8.91. The van der Waals surface area contributed by atoms with Crippen molar-refractivity contribution in [2.24, 2.45) is 0 Å². The van der Waals surface area contributed by atoms with E-state index in [-0.39, 0.29) is 6.61 Å². The van der Waals surface area contributed by atoms with E-state index in [2.05, 4.69) is 49.5 Å². The van der Waals surface area contributed by atoms with Crippen LogP contribution in [0.15, 0.2) is 48.5 Å². The van der Waals surface area contributed by atoms with E-state index in [4.69, 9.17) is 9.84 Å². The number of hydrogen-bond donors (Lipinski definition) is 2. The molecule has 2 aromatic carbocycles. The van der Waals surface area contributed by atoms with Gasteiger partial charge < -0.3 is 15.2 Å². The van der Waals surface area contributed by atoms with Crippen LogP contribution in [0.3, 0.4) is 0 Å². The Labute approximate surface area is 133 Å². The average molecular weight is 299 g/mol. The number of benzene rings is 2. The van der Waals surface area contributed by atoms with Crippen molar-refractivity contribution in [3.8, 4) is 5.75 Å². The van der Waals surface area contributed by atoms with Gasteiger partial charge in [0, 0.05) is 18.2 Å². The van der Waals surface area contributed by atoms with E-state index in [9.17, 15) is 0 Å². The monoisotopic (exact) mass is 299 g/mol. The largest absolute Gasteiger partial charge is 0.491 e. The Morgan fingerprint density at radius 2 is 1.82 bits per heavy atom. The Kier molecular flexibility index (Phi) is 6.44. The molecule has 1 unspecified atom stereocenters. The molecule has 2 rings (SSSR count). The van der Waals surface area contributed by atoms with Gasteiger partial charge in [0.1, 0.15) is 12.4 Å². The van der Waals surface area contributed by atoms with Crippen LogP contribution in [0.5, 0.6) is 5.75 Å². The fraction of sp³-hybridized carbons (Fsp3) is 0.368. The highest BCUT2D eigenvalue weighted by molar-refractivity contribution is 5.33. The zero-order valence-electron chi connectivity index (χ0n) is 13.4. The van der Waals surface area contributed by atoms with Crippen LogP contribution in [-0.2, 0) is 6.54 Å².